The van der Waals surface area contributed by atoms with Gasteiger partial charge in [0.05, 0.1) is 30.6 Å². The molecule has 1 fully saturated rings. The Balaban J connectivity index is 1.80. The Morgan fingerprint density at radius 1 is 1.11 bits per heavy atom. The molecule has 1 aromatic carbocycles. The first-order chi connectivity index (χ1) is 16.7. The molecule has 2 aromatic heterocycles. The van der Waals surface area contributed by atoms with Crippen LogP contribution in [-0.2, 0) is 9.53 Å². The zero-order chi connectivity index (χ0) is 25.3. The van der Waals surface area contributed by atoms with Crippen molar-refractivity contribution in [2.24, 2.45) is 0 Å². The lowest BCUT2D eigenvalue weighted by atomic mass is 9.96. The van der Waals surface area contributed by atoms with E-state index in [1.54, 1.807) is 0 Å². The molecule has 3 aromatic rings. The van der Waals surface area contributed by atoms with Crippen molar-refractivity contribution in [1.29, 1.82) is 0 Å². The van der Waals surface area contributed by atoms with Crippen molar-refractivity contribution in [1.82, 2.24) is 19.8 Å². The standard InChI is InChI=1S/C28H34N4O2S/c1-17-14-18(2)26(19(3)15-17)32-20(4)16-22(21(32)5)27-25(23-10-7-8-12-29-23)30-28(35)31(27)13-9-11-24(33)34-6/h7-8,10,12,14-16,25,27H,9,11,13H2,1-6H3,(H,30,35)/t25-,27+/m1/s1. The number of carbonyl (C=O) groups excluding carboxylic acids is 1. The third-order valence-electron chi connectivity index (χ3n) is 6.85. The van der Waals surface area contributed by atoms with Crippen LogP contribution in [0.2, 0.25) is 0 Å². The summed E-state index contributed by atoms with van der Waals surface area (Å²) in [5.41, 5.74) is 9.54. The van der Waals surface area contributed by atoms with Crippen LogP contribution in [0.3, 0.4) is 0 Å². The number of ether oxygens (including phenoxy) is 1. The fourth-order valence-corrected chi connectivity index (χ4v) is 5.77. The first-order valence-electron chi connectivity index (χ1n) is 12.0. The Morgan fingerprint density at radius 3 is 2.46 bits per heavy atom. The smallest absolute Gasteiger partial charge is 0.305 e. The summed E-state index contributed by atoms with van der Waals surface area (Å²) in [4.78, 5) is 18.6. The summed E-state index contributed by atoms with van der Waals surface area (Å²) in [6, 6.07) is 12.6. The number of thiocarbonyl (C=S) groups is 1. The lowest BCUT2D eigenvalue weighted by Gasteiger charge is -2.28. The maximum absolute atomic E-state index is 11.7. The number of esters is 1. The number of nitrogens with one attached hydrogen (secondary N) is 1. The quantitative estimate of drug-likeness (QED) is 0.356. The average Bonchev–Trinajstić information content (AvgIpc) is 3.29. The summed E-state index contributed by atoms with van der Waals surface area (Å²) in [7, 11) is 1.42. The van der Waals surface area contributed by atoms with E-state index in [1.165, 1.54) is 46.4 Å². The molecule has 0 aliphatic carbocycles. The summed E-state index contributed by atoms with van der Waals surface area (Å²) in [5, 5.41) is 4.20. The topological polar surface area (TPSA) is 59.4 Å². The Kier molecular flexibility index (Phi) is 7.26. The van der Waals surface area contributed by atoms with Crippen LogP contribution >= 0.6 is 12.2 Å². The van der Waals surface area contributed by atoms with Gasteiger partial charge in [-0.15, -0.1) is 0 Å². The average molecular weight is 491 g/mol. The molecule has 184 valence electrons. The first-order valence-corrected chi connectivity index (χ1v) is 12.5. The normalized spacial score (nSPS) is 17.5. The number of pyridine rings is 1. The molecule has 2 atom stereocenters. The SMILES string of the molecule is COC(=O)CCCN1C(=S)N[C@H](c2ccccn2)[C@@H]1c1cc(C)n(-c2c(C)cc(C)cc2C)c1C. The number of aryl methyl sites for hydroxylation is 4. The van der Waals surface area contributed by atoms with Crippen molar-refractivity contribution in [2.45, 2.75) is 59.5 Å². The van der Waals surface area contributed by atoms with Crippen LogP contribution in [0.25, 0.3) is 5.69 Å². The number of nitrogens with zero attached hydrogens (tertiary/aromatic N) is 3. The molecule has 0 bridgehead atoms. The number of benzene rings is 1. The highest BCUT2D eigenvalue weighted by Crippen LogP contribution is 2.42. The summed E-state index contributed by atoms with van der Waals surface area (Å²) in [6.45, 7) is 11.5. The molecule has 0 radical (unpaired) electrons. The van der Waals surface area contributed by atoms with Gasteiger partial charge in [-0.3, -0.25) is 9.78 Å². The predicted molar refractivity (Wildman–Crippen MR) is 143 cm³/mol. The maximum atomic E-state index is 11.7. The van der Waals surface area contributed by atoms with Gasteiger partial charge in [-0.1, -0.05) is 23.8 Å². The van der Waals surface area contributed by atoms with Gasteiger partial charge in [0, 0.05) is 30.6 Å². The number of methoxy groups -OCH3 is 1. The van der Waals surface area contributed by atoms with Crippen LogP contribution in [-0.4, -0.2) is 39.2 Å². The van der Waals surface area contributed by atoms with Gasteiger partial charge in [-0.2, -0.15) is 0 Å². The van der Waals surface area contributed by atoms with E-state index in [9.17, 15) is 4.79 Å². The summed E-state index contributed by atoms with van der Waals surface area (Å²) < 4.78 is 7.21. The second-order valence-corrected chi connectivity index (χ2v) is 9.80. The fourth-order valence-electron chi connectivity index (χ4n) is 5.44. The number of aromatic nitrogens is 2. The highest BCUT2D eigenvalue weighted by Gasteiger charge is 2.41. The Hall–Kier alpha value is -3.19. The van der Waals surface area contributed by atoms with Gasteiger partial charge in [0.15, 0.2) is 5.11 Å². The Labute approximate surface area is 213 Å². The molecule has 0 spiro atoms. The zero-order valence-corrected chi connectivity index (χ0v) is 22.2. The van der Waals surface area contributed by atoms with Crippen molar-refractivity contribution in [3.8, 4) is 5.69 Å². The highest BCUT2D eigenvalue weighted by molar-refractivity contribution is 7.80. The Bertz CT molecular complexity index is 1230. The fraction of sp³-hybridized carbons (Fsp3) is 0.393. The van der Waals surface area contributed by atoms with E-state index in [0.717, 1.165) is 5.69 Å². The van der Waals surface area contributed by atoms with E-state index >= 15 is 0 Å². The number of rotatable bonds is 7. The molecule has 7 heteroatoms. The summed E-state index contributed by atoms with van der Waals surface area (Å²) in [5.74, 6) is -0.204. The van der Waals surface area contributed by atoms with Crippen molar-refractivity contribution >= 4 is 23.3 Å². The molecular formula is C28H34N4O2S. The van der Waals surface area contributed by atoms with Gasteiger partial charge in [0.1, 0.15) is 0 Å². The maximum Gasteiger partial charge on any atom is 0.305 e. The summed E-state index contributed by atoms with van der Waals surface area (Å²) in [6.07, 6.45) is 2.84. The van der Waals surface area contributed by atoms with Crippen LogP contribution in [0.1, 0.15) is 64.3 Å². The van der Waals surface area contributed by atoms with Crippen LogP contribution in [0.5, 0.6) is 0 Å². The van der Waals surface area contributed by atoms with Gasteiger partial charge in [-0.25, -0.2) is 0 Å². The number of hydrogen-bond donors (Lipinski definition) is 1. The van der Waals surface area contributed by atoms with E-state index < -0.39 is 0 Å². The lowest BCUT2D eigenvalue weighted by Crippen LogP contribution is -2.31. The van der Waals surface area contributed by atoms with Crippen LogP contribution in [0, 0.1) is 34.6 Å². The van der Waals surface area contributed by atoms with Gasteiger partial charge >= 0.3 is 5.97 Å². The second-order valence-electron chi connectivity index (χ2n) is 9.41. The minimum Gasteiger partial charge on any atom is -0.469 e. The molecule has 1 aliphatic rings. The minimum atomic E-state index is -0.204. The zero-order valence-electron chi connectivity index (χ0n) is 21.4. The minimum absolute atomic E-state index is 0.0407. The van der Waals surface area contributed by atoms with Crippen LogP contribution < -0.4 is 5.32 Å². The molecule has 3 heterocycles. The number of carbonyl (C=O) groups is 1. The van der Waals surface area contributed by atoms with Gasteiger partial charge in [-0.05, 0) is 88.1 Å². The third kappa shape index (κ3) is 4.82. The first kappa shape index (κ1) is 24.9. The van der Waals surface area contributed by atoms with Crippen molar-refractivity contribution in [3.63, 3.8) is 0 Å². The van der Waals surface area contributed by atoms with E-state index in [-0.39, 0.29) is 18.1 Å². The van der Waals surface area contributed by atoms with Gasteiger partial charge < -0.3 is 19.5 Å². The van der Waals surface area contributed by atoms with E-state index in [1.807, 2.05) is 24.4 Å². The van der Waals surface area contributed by atoms with Gasteiger partial charge in [0.2, 0.25) is 0 Å². The molecule has 1 saturated heterocycles. The van der Waals surface area contributed by atoms with Crippen molar-refractivity contribution < 1.29 is 9.53 Å². The monoisotopic (exact) mass is 490 g/mol. The molecule has 35 heavy (non-hydrogen) atoms. The van der Waals surface area contributed by atoms with E-state index in [0.29, 0.717) is 24.5 Å². The molecule has 6 nitrogen and oxygen atoms in total. The number of hydrogen-bond acceptors (Lipinski definition) is 4. The molecule has 1 N–H and O–H groups in total. The van der Waals surface area contributed by atoms with E-state index in [2.05, 4.69) is 72.6 Å². The lowest BCUT2D eigenvalue weighted by molar-refractivity contribution is -0.140. The third-order valence-corrected chi connectivity index (χ3v) is 7.21. The van der Waals surface area contributed by atoms with Crippen molar-refractivity contribution in [3.05, 3.63) is 81.9 Å². The molecule has 0 unspecified atom stereocenters. The van der Waals surface area contributed by atoms with E-state index in [4.69, 9.17) is 17.0 Å². The largest absolute Gasteiger partial charge is 0.469 e. The van der Waals surface area contributed by atoms with Crippen LogP contribution in [0.4, 0.5) is 0 Å². The van der Waals surface area contributed by atoms with Crippen LogP contribution in [0.15, 0.2) is 42.6 Å². The molecule has 4 rings (SSSR count). The molecular weight excluding hydrogens is 456 g/mol. The predicted octanol–water partition coefficient (Wildman–Crippen LogP) is 5.34. The second kappa shape index (κ2) is 10.2. The molecule has 0 saturated carbocycles. The van der Waals surface area contributed by atoms with Gasteiger partial charge in [0.25, 0.3) is 0 Å². The summed E-state index contributed by atoms with van der Waals surface area (Å²) >= 11 is 5.80. The molecule has 0 amide bonds. The van der Waals surface area contributed by atoms with Crippen molar-refractivity contribution in [2.75, 3.05) is 13.7 Å². The molecule has 1 aliphatic heterocycles. The Morgan fingerprint density at radius 2 is 1.83 bits per heavy atom. The highest BCUT2D eigenvalue weighted by atomic mass is 32.1.